The third kappa shape index (κ3) is 1.26. The van der Waals surface area contributed by atoms with E-state index in [1.54, 1.807) is 6.92 Å². The van der Waals surface area contributed by atoms with E-state index in [-0.39, 0.29) is 5.69 Å². The first kappa shape index (κ1) is 8.10. The second-order valence-electron chi connectivity index (χ2n) is 3.19. The Bertz CT molecular complexity index is 358. The zero-order chi connectivity index (χ0) is 9.59. The van der Waals surface area contributed by atoms with Gasteiger partial charge in [-0.1, -0.05) is 0 Å². The van der Waals surface area contributed by atoms with Crippen LogP contribution in [-0.2, 0) is 0 Å². The summed E-state index contributed by atoms with van der Waals surface area (Å²) in [6, 6.07) is 0.366. The van der Waals surface area contributed by atoms with Gasteiger partial charge in [0.2, 0.25) is 11.6 Å². The lowest BCUT2D eigenvalue weighted by atomic mass is 10.4. The highest BCUT2D eigenvalue weighted by molar-refractivity contribution is 5.91. The van der Waals surface area contributed by atoms with E-state index >= 15 is 0 Å². The van der Waals surface area contributed by atoms with Gasteiger partial charge in [0.05, 0.1) is 0 Å². The number of oxazole rings is 1. The van der Waals surface area contributed by atoms with Gasteiger partial charge in [0.1, 0.15) is 0 Å². The molecule has 13 heavy (non-hydrogen) atoms. The molecule has 2 heterocycles. The number of anilines is 1. The molecule has 0 bridgehead atoms. The Kier molecular flexibility index (Phi) is 1.55. The largest absolute Gasteiger partial charge is 0.476 e. The third-order valence-electron chi connectivity index (χ3n) is 2.04. The van der Waals surface area contributed by atoms with Gasteiger partial charge in [-0.3, -0.25) is 0 Å². The minimum absolute atomic E-state index is 0.0156. The molecule has 0 radical (unpaired) electrons. The van der Waals surface area contributed by atoms with Crippen molar-refractivity contribution in [2.24, 2.45) is 0 Å². The number of aryl methyl sites for hydroxylation is 1. The van der Waals surface area contributed by atoms with Crippen LogP contribution in [0.4, 0.5) is 5.88 Å². The smallest absolute Gasteiger partial charge is 0.360 e. The monoisotopic (exact) mass is 182 g/mol. The Hall–Kier alpha value is -1.52. The lowest BCUT2D eigenvalue weighted by molar-refractivity contribution is 0.0691. The Morgan fingerprint density at radius 1 is 1.77 bits per heavy atom. The van der Waals surface area contributed by atoms with Crippen LogP contribution in [0.5, 0.6) is 0 Å². The van der Waals surface area contributed by atoms with E-state index in [2.05, 4.69) is 4.98 Å². The van der Waals surface area contributed by atoms with Crippen LogP contribution in [0.3, 0.4) is 0 Å². The molecule has 5 heteroatoms. The molecule has 1 aliphatic heterocycles. The van der Waals surface area contributed by atoms with Crippen molar-refractivity contribution in [3.05, 3.63) is 11.6 Å². The summed E-state index contributed by atoms with van der Waals surface area (Å²) in [5, 5.41) is 8.79. The van der Waals surface area contributed by atoms with Crippen LogP contribution in [0.25, 0.3) is 0 Å². The first-order chi connectivity index (χ1) is 6.09. The quantitative estimate of drug-likeness (QED) is 0.688. The number of nitrogens with zero attached hydrogens (tertiary/aromatic N) is 2. The highest BCUT2D eigenvalue weighted by Gasteiger charge is 2.36. The molecule has 1 N–H and O–H groups in total. The second-order valence-corrected chi connectivity index (χ2v) is 3.19. The van der Waals surface area contributed by atoms with Gasteiger partial charge in [-0.15, -0.1) is 0 Å². The van der Waals surface area contributed by atoms with Gasteiger partial charge in [-0.05, 0) is 6.92 Å². The number of carbonyl (C=O) groups is 1. The Morgan fingerprint density at radius 3 is 2.85 bits per heavy atom. The highest BCUT2D eigenvalue weighted by Crippen LogP contribution is 2.31. The SMILES string of the molecule is Cc1nc(C(=O)O)c(N2CC2C)o1. The maximum absolute atomic E-state index is 10.7. The fraction of sp³-hybridized carbons (Fsp3) is 0.500. The number of carboxylic acid groups (broad SMARTS) is 1. The summed E-state index contributed by atoms with van der Waals surface area (Å²) >= 11 is 0. The molecule has 1 saturated heterocycles. The third-order valence-corrected chi connectivity index (χ3v) is 2.04. The Balaban J connectivity index is 2.38. The molecule has 1 unspecified atom stereocenters. The molecule has 0 spiro atoms. The minimum Gasteiger partial charge on any atom is -0.476 e. The molecule has 0 saturated carbocycles. The summed E-state index contributed by atoms with van der Waals surface area (Å²) < 4.78 is 5.20. The van der Waals surface area contributed by atoms with Crippen LogP contribution in [-0.4, -0.2) is 28.6 Å². The van der Waals surface area contributed by atoms with Crippen molar-refractivity contribution in [1.29, 1.82) is 0 Å². The van der Waals surface area contributed by atoms with E-state index in [9.17, 15) is 4.79 Å². The molecule has 5 nitrogen and oxygen atoms in total. The van der Waals surface area contributed by atoms with E-state index in [0.717, 1.165) is 6.54 Å². The predicted molar refractivity (Wildman–Crippen MR) is 45.0 cm³/mol. The van der Waals surface area contributed by atoms with Gasteiger partial charge >= 0.3 is 5.97 Å². The molecular formula is C8H10N2O3. The molecule has 1 fully saturated rings. The average molecular weight is 182 g/mol. The number of aromatic carboxylic acids is 1. The number of carboxylic acids is 1. The number of hydrogen-bond donors (Lipinski definition) is 1. The Morgan fingerprint density at radius 2 is 2.38 bits per heavy atom. The fourth-order valence-electron chi connectivity index (χ4n) is 1.27. The molecule has 0 aliphatic carbocycles. The van der Waals surface area contributed by atoms with Crippen LogP contribution in [0.2, 0.25) is 0 Å². The van der Waals surface area contributed by atoms with E-state index in [1.807, 2.05) is 11.8 Å². The highest BCUT2D eigenvalue weighted by atomic mass is 16.4. The van der Waals surface area contributed by atoms with Crippen LogP contribution in [0, 0.1) is 6.92 Å². The lowest BCUT2D eigenvalue weighted by Gasteiger charge is -1.97. The number of rotatable bonds is 2. The van der Waals surface area contributed by atoms with Gasteiger partial charge in [0, 0.05) is 19.5 Å². The summed E-state index contributed by atoms with van der Waals surface area (Å²) in [5.41, 5.74) is 0.0156. The van der Waals surface area contributed by atoms with Crippen molar-refractivity contribution in [3.8, 4) is 0 Å². The maximum Gasteiger partial charge on any atom is 0.360 e. The minimum atomic E-state index is -1.04. The van der Waals surface area contributed by atoms with Gasteiger partial charge in [0.15, 0.2) is 5.89 Å². The molecule has 1 aromatic rings. The number of hydrogen-bond acceptors (Lipinski definition) is 4. The van der Waals surface area contributed by atoms with Crippen molar-refractivity contribution >= 4 is 11.9 Å². The van der Waals surface area contributed by atoms with Crippen LogP contribution in [0.1, 0.15) is 23.3 Å². The van der Waals surface area contributed by atoms with Gasteiger partial charge in [-0.25, -0.2) is 9.78 Å². The van der Waals surface area contributed by atoms with E-state index in [1.165, 1.54) is 0 Å². The topological polar surface area (TPSA) is 66.3 Å². The molecule has 1 aliphatic rings. The predicted octanol–water partition coefficient (Wildman–Crippen LogP) is 0.890. The zero-order valence-electron chi connectivity index (χ0n) is 7.44. The van der Waals surface area contributed by atoms with Crippen molar-refractivity contribution in [1.82, 2.24) is 4.98 Å². The second kappa shape index (κ2) is 2.48. The summed E-state index contributed by atoms with van der Waals surface area (Å²) in [6.07, 6.45) is 0. The molecule has 2 rings (SSSR count). The molecular weight excluding hydrogens is 172 g/mol. The average Bonchev–Trinajstić information content (AvgIpc) is 2.60. The summed E-state index contributed by atoms with van der Waals surface area (Å²) in [5.74, 6) is -0.255. The van der Waals surface area contributed by atoms with Crippen LogP contribution < -0.4 is 4.90 Å². The first-order valence-corrected chi connectivity index (χ1v) is 4.07. The van der Waals surface area contributed by atoms with Crippen LogP contribution in [0.15, 0.2) is 4.42 Å². The van der Waals surface area contributed by atoms with Crippen LogP contribution >= 0.6 is 0 Å². The summed E-state index contributed by atoms with van der Waals surface area (Å²) in [7, 11) is 0. The van der Waals surface area contributed by atoms with Crippen molar-refractivity contribution in [3.63, 3.8) is 0 Å². The Labute approximate surface area is 75.0 Å². The van der Waals surface area contributed by atoms with Gasteiger partial charge in [0.25, 0.3) is 0 Å². The molecule has 1 atom stereocenters. The standard InChI is InChI=1S/C8H10N2O3/c1-4-3-10(4)7-6(8(11)12)9-5(2)13-7/h4H,3H2,1-2H3,(H,11,12). The van der Waals surface area contributed by atoms with Crippen molar-refractivity contribution in [2.75, 3.05) is 11.4 Å². The lowest BCUT2D eigenvalue weighted by Crippen LogP contribution is -2.03. The van der Waals surface area contributed by atoms with E-state index in [0.29, 0.717) is 17.8 Å². The molecule has 1 aromatic heterocycles. The van der Waals surface area contributed by atoms with Gasteiger partial charge in [-0.2, -0.15) is 0 Å². The maximum atomic E-state index is 10.7. The normalized spacial score (nSPS) is 20.5. The molecule has 0 aromatic carbocycles. The van der Waals surface area contributed by atoms with E-state index < -0.39 is 5.97 Å². The zero-order valence-corrected chi connectivity index (χ0v) is 7.44. The van der Waals surface area contributed by atoms with Crippen molar-refractivity contribution in [2.45, 2.75) is 19.9 Å². The first-order valence-electron chi connectivity index (χ1n) is 4.07. The van der Waals surface area contributed by atoms with Crippen molar-refractivity contribution < 1.29 is 14.3 Å². The fourth-order valence-corrected chi connectivity index (χ4v) is 1.27. The number of aromatic nitrogens is 1. The van der Waals surface area contributed by atoms with E-state index in [4.69, 9.17) is 9.52 Å². The molecule has 70 valence electrons. The summed E-state index contributed by atoms with van der Waals surface area (Å²) in [6.45, 7) is 4.49. The summed E-state index contributed by atoms with van der Waals surface area (Å²) in [4.78, 5) is 16.4. The molecule has 0 amide bonds. The van der Waals surface area contributed by atoms with Gasteiger partial charge < -0.3 is 14.4 Å².